The zero-order valence-corrected chi connectivity index (χ0v) is 12.1. The smallest absolute Gasteiger partial charge is 0.209 e. The molecule has 18 heavy (non-hydrogen) atoms. The van der Waals surface area contributed by atoms with Gasteiger partial charge in [-0.15, -0.1) is 0 Å². The number of unbranched alkanes of at least 4 members (excludes halogenated alkanes) is 1. The highest BCUT2D eigenvalue weighted by Gasteiger charge is 2.04. The summed E-state index contributed by atoms with van der Waals surface area (Å²) >= 11 is 6.05. The van der Waals surface area contributed by atoms with Crippen molar-refractivity contribution >= 4 is 21.6 Å². The Labute approximate surface area is 113 Å². The van der Waals surface area contributed by atoms with E-state index in [4.69, 9.17) is 21.5 Å². The van der Waals surface area contributed by atoms with Crippen molar-refractivity contribution < 1.29 is 13.2 Å². The van der Waals surface area contributed by atoms with E-state index in [1.54, 1.807) is 0 Å². The average molecular weight is 292 g/mol. The number of ether oxygens (including phenoxy) is 1. The molecule has 0 unspecified atom stereocenters. The molecule has 0 aliphatic heterocycles. The lowest BCUT2D eigenvalue weighted by Gasteiger charge is -2.09. The average Bonchev–Trinajstić information content (AvgIpc) is 2.23. The second kappa shape index (κ2) is 6.41. The molecule has 102 valence electrons. The third kappa shape index (κ3) is 5.25. The van der Waals surface area contributed by atoms with Gasteiger partial charge in [0.15, 0.2) is 0 Å². The fraction of sp³-hybridized carbons (Fsp3) is 0.500. The molecule has 1 aromatic carbocycles. The van der Waals surface area contributed by atoms with Crippen molar-refractivity contribution in [2.24, 2.45) is 5.14 Å². The van der Waals surface area contributed by atoms with Crippen LogP contribution < -0.4 is 9.88 Å². The highest BCUT2D eigenvalue weighted by molar-refractivity contribution is 7.89. The number of sulfonamides is 1. The lowest BCUT2D eigenvalue weighted by molar-refractivity contribution is 0.309. The van der Waals surface area contributed by atoms with Crippen molar-refractivity contribution in [3.05, 3.63) is 28.3 Å². The molecule has 0 heterocycles. The maximum absolute atomic E-state index is 10.7. The molecule has 0 fully saturated rings. The number of primary sulfonamides is 1. The molecule has 0 amide bonds. The molecule has 0 saturated heterocycles. The Hall–Kier alpha value is -0.780. The summed E-state index contributed by atoms with van der Waals surface area (Å²) in [4.78, 5) is 0. The maximum Gasteiger partial charge on any atom is 0.209 e. The Bertz CT molecular complexity index is 491. The number of nitrogens with two attached hydrogens (primary N) is 1. The van der Waals surface area contributed by atoms with Gasteiger partial charge >= 0.3 is 0 Å². The van der Waals surface area contributed by atoms with Gasteiger partial charge in [-0.05, 0) is 49.9 Å². The largest absolute Gasteiger partial charge is 0.494 e. The van der Waals surface area contributed by atoms with Crippen molar-refractivity contribution in [2.75, 3.05) is 12.4 Å². The molecule has 0 aliphatic carbocycles. The molecule has 6 heteroatoms. The standard InChI is InChI=1S/C12H18ClNO3S/c1-9-7-11(8-10(2)12(9)13)17-5-3-4-6-18(14,15)16/h7-8H,3-6H2,1-2H3,(H2,14,15,16). The van der Waals surface area contributed by atoms with Crippen molar-refractivity contribution in [2.45, 2.75) is 26.7 Å². The van der Waals surface area contributed by atoms with Crippen LogP contribution in [-0.2, 0) is 10.0 Å². The first-order valence-corrected chi connectivity index (χ1v) is 7.79. The number of hydrogen-bond donors (Lipinski definition) is 1. The quantitative estimate of drug-likeness (QED) is 0.818. The molecular weight excluding hydrogens is 274 g/mol. The molecule has 0 atom stereocenters. The Kier molecular flexibility index (Phi) is 5.44. The highest BCUT2D eigenvalue weighted by Crippen LogP contribution is 2.25. The van der Waals surface area contributed by atoms with Gasteiger partial charge in [-0.3, -0.25) is 0 Å². The third-order valence-electron chi connectivity index (χ3n) is 2.50. The summed E-state index contributed by atoms with van der Waals surface area (Å²) in [6.07, 6.45) is 1.15. The zero-order valence-electron chi connectivity index (χ0n) is 10.6. The molecule has 4 nitrogen and oxygen atoms in total. The van der Waals surface area contributed by atoms with Gasteiger partial charge in [0.2, 0.25) is 10.0 Å². The van der Waals surface area contributed by atoms with Gasteiger partial charge in [0.1, 0.15) is 5.75 Å². The molecular formula is C12H18ClNO3S. The molecule has 1 rings (SSSR count). The van der Waals surface area contributed by atoms with E-state index < -0.39 is 10.0 Å². The lowest BCUT2D eigenvalue weighted by atomic mass is 10.1. The van der Waals surface area contributed by atoms with Crippen LogP contribution in [0.25, 0.3) is 0 Å². The van der Waals surface area contributed by atoms with E-state index in [9.17, 15) is 8.42 Å². The number of hydrogen-bond acceptors (Lipinski definition) is 3. The maximum atomic E-state index is 10.7. The van der Waals surface area contributed by atoms with Gasteiger partial charge in [0.25, 0.3) is 0 Å². The first-order chi connectivity index (χ1) is 8.29. The van der Waals surface area contributed by atoms with Gasteiger partial charge in [-0.25, -0.2) is 13.6 Å². The molecule has 0 aromatic heterocycles. The van der Waals surface area contributed by atoms with Crippen LogP contribution in [0.2, 0.25) is 5.02 Å². The van der Waals surface area contributed by atoms with E-state index in [-0.39, 0.29) is 5.75 Å². The van der Waals surface area contributed by atoms with Gasteiger partial charge in [-0.1, -0.05) is 11.6 Å². The lowest BCUT2D eigenvalue weighted by Crippen LogP contribution is -2.16. The molecule has 2 N–H and O–H groups in total. The second-order valence-electron chi connectivity index (χ2n) is 4.29. The number of rotatable bonds is 6. The summed E-state index contributed by atoms with van der Waals surface area (Å²) in [5.41, 5.74) is 1.94. The van der Waals surface area contributed by atoms with Crippen LogP contribution >= 0.6 is 11.6 Å². The van der Waals surface area contributed by atoms with Crippen LogP contribution in [0.15, 0.2) is 12.1 Å². The summed E-state index contributed by atoms with van der Waals surface area (Å²) in [5.74, 6) is 0.750. The summed E-state index contributed by atoms with van der Waals surface area (Å²) < 4.78 is 27.0. The fourth-order valence-electron chi connectivity index (χ4n) is 1.58. The van der Waals surface area contributed by atoms with E-state index in [1.807, 2.05) is 26.0 Å². The van der Waals surface area contributed by atoms with Gasteiger partial charge in [0.05, 0.1) is 12.4 Å². The normalized spacial score (nSPS) is 11.6. The molecule has 0 spiro atoms. The number of aryl methyl sites for hydroxylation is 2. The summed E-state index contributed by atoms with van der Waals surface area (Å²) in [6, 6.07) is 3.74. The summed E-state index contributed by atoms with van der Waals surface area (Å²) in [5, 5.41) is 5.65. The van der Waals surface area contributed by atoms with E-state index in [2.05, 4.69) is 0 Å². The van der Waals surface area contributed by atoms with E-state index in [0.29, 0.717) is 19.4 Å². The first-order valence-electron chi connectivity index (χ1n) is 5.69. The summed E-state index contributed by atoms with van der Waals surface area (Å²) in [7, 11) is -3.36. The number of halogens is 1. The van der Waals surface area contributed by atoms with E-state index >= 15 is 0 Å². The zero-order chi connectivity index (χ0) is 13.8. The minimum Gasteiger partial charge on any atom is -0.494 e. The van der Waals surface area contributed by atoms with E-state index in [0.717, 1.165) is 21.9 Å². The Morgan fingerprint density at radius 1 is 1.22 bits per heavy atom. The van der Waals surface area contributed by atoms with Crippen molar-refractivity contribution in [1.82, 2.24) is 0 Å². The van der Waals surface area contributed by atoms with Gasteiger partial charge < -0.3 is 4.74 Å². The Morgan fingerprint density at radius 2 is 1.78 bits per heavy atom. The van der Waals surface area contributed by atoms with Crippen molar-refractivity contribution in [3.8, 4) is 5.75 Å². The van der Waals surface area contributed by atoms with Crippen LogP contribution in [0.5, 0.6) is 5.75 Å². The second-order valence-corrected chi connectivity index (χ2v) is 6.41. The molecule has 1 aromatic rings. The minimum atomic E-state index is -3.36. The van der Waals surface area contributed by atoms with Crippen molar-refractivity contribution in [1.29, 1.82) is 0 Å². The minimum absolute atomic E-state index is 0.00493. The Balaban J connectivity index is 2.41. The van der Waals surface area contributed by atoms with Crippen LogP contribution in [-0.4, -0.2) is 20.8 Å². The topological polar surface area (TPSA) is 69.4 Å². The van der Waals surface area contributed by atoms with E-state index in [1.165, 1.54) is 0 Å². The van der Waals surface area contributed by atoms with Crippen LogP contribution in [0.4, 0.5) is 0 Å². The van der Waals surface area contributed by atoms with Gasteiger partial charge in [-0.2, -0.15) is 0 Å². The fourth-order valence-corrected chi connectivity index (χ4v) is 2.30. The van der Waals surface area contributed by atoms with Crippen LogP contribution in [0.1, 0.15) is 24.0 Å². The molecule has 0 radical (unpaired) electrons. The van der Waals surface area contributed by atoms with Gasteiger partial charge in [0, 0.05) is 5.02 Å². The predicted molar refractivity (Wildman–Crippen MR) is 73.6 cm³/mol. The van der Waals surface area contributed by atoms with Crippen LogP contribution in [0.3, 0.4) is 0 Å². The summed E-state index contributed by atoms with van der Waals surface area (Å²) in [6.45, 7) is 4.31. The molecule has 0 aliphatic rings. The van der Waals surface area contributed by atoms with Crippen LogP contribution in [0, 0.1) is 13.8 Å². The SMILES string of the molecule is Cc1cc(OCCCCS(N)(=O)=O)cc(C)c1Cl. The third-order valence-corrected chi connectivity index (χ3v) is 3.96. The highest BCUT2D eigenvalue weighted by atomic mass is 35.5. The first kappa shape index (κ1) is 15.3. The number of benzene rings is 1. The molecule has 0 bridgehead atoms. The predicted octanol–water partition coefficient (Wildman–Crippen LogP) is 2.40. The monoisotopic (exact) mass is 291 g/mol. The van der Waals surface area contributed by atoms with Crippen molar-refractivity contribution in [3.63, 3.8) is 0 Å². The molecule has 0 saturated carbocycles. The Morgan fingerprint density at radius 3 is 2.28 bits per heavy atom.